The largest absolute Gasteiger partial charge is 0.294 e. The van der Waals surface area contributed by atoms with E-state index in [0.717, 1.165) is 41.8 Å². The van der Waals surface area contributed by atoms with Crippen molar-refractivity contribution >= 4 is 29.0 Å². The zero-order valence-electron chi connectivity index (χ0n) is 15.4. The molecule has 138 valence electrons. The number of benzene rings is 2. The Morgan fingerprint density at radius 2 is 1.78 bits per heavy atom. The SMILES string of the molecule is CCc1ccc(N2C(=O)CC(c3ccccc3Cl)C3=C2CCCC3=O)cc1. The van der Waals surface area contributed by atoms with E-state index in [9.17, 15) is 9.59 Å². The molecule has 3 nitrogen and oxygen atoms in total. The third-order valence-corrected chi connectivity index (χ3v) is 5.90. The fourth-order valence-electron chi connectivity index (χ4n) is 4.20. The van der Waals surface area contributed by atoms with Crippen molar-refractivity contribution in [2.45, 2.75) is 44.9 Å². The van der Waals surface area contributed by atoms with Gasteiger partial charge in [-0.2, -0.15) is 0 Å². The fourth-order valence-corrected chi connectivity index (χ4v) is 4.46. The van der Waals surface area contributed by atoms with E-state index in [0.29, 0.717) is 11.4 Å². The minimum atomic E-state index is -0.250. The predicted octanol–water partition coefficient (Wildman–Crippen LogP) is 5.43. The Morgan fingerprint density at radius 3 is 2.48 bits per heavy atom. The second-order valence-electron chi connectivity index (χ2n) is 7.16. The Kier molecular flexibility index (Phi) is 4.88. The molecule has 1 aliphatic heterocycles. The number of nitrogens with zero attached hydrogens (tertiary/aromatic N) is 1. The lowest BCUT2D eigenvalue weighted by molar-refractivity contribution is -0.119. The topological polar surface area (TPSA) is 37.4 Å². The van der Waals surface area contributed by atoms with Gasteiger partial charge in [-0.05, 0) is 48.6 Å². The zero-order valence-corrected chi connectivity index (χ0v) is 16.1. The Labute approximate surface area is 164 Å². The maximum absolute atomic E-state index is 13.1. The van der Waals surface area contributed by atoms with Gasteiger partial charge < -0.3 is 0 Å². The second-order valence-corrected chi connectivity index (χ2v) is 7.57. The van der Waals surface area contributed by atoms with Crippen LogP contribution in [0.25, 0.3) is 0 Å². The Bertz CT molecular complexity index is 930. The maximum atomic E-state index is 13.1. The molecule has 2 aromatic rings. The summed E-state index contributed by atoms with van der Waals surface area (Å²) in [6, 6.07) is 15.6. The summed E-state index contributed by atoms with van der Waals surface area (Å²) in [7, 11) is 0. The Morgan fingerprint density at radius 1 is 1.04 bits per heavy atom. The number of halogens is 1. The zero-order chi connectivity index (χ0) is 19.0. The van der Waals surface area contributed by atoms with E-state index in [1.807, 2.05) is 48.5 Å². The molecule has 1 heterocycles. The van der Waals surface area contributed by atoms with Crippen LogP contribution in [0, 0.1) is 0 Å². The van der Waals surface area contributed by atoms with Crippen molar-refractivity contribution in [3.63, 3.8) is 0 Å². The van der Waals surface area contributed by atoms with Gasteiger partial charge in [0.2, 0.25) is 5.91 Å². The number of carbonyl (C=O) groups is 2. The normalized spacial score (nSPS) is 20.1. The summed E-state index contributed by atoms with van der Waals surface area (Å²) in [4.78, 5) is 27.8. The van der Waals surface area contributed by atoms with E-state index in [-0.39, 0.29) is 24.0 Å². The number of hydrogen-bond acceptors (Lipinski definition) is 2. The van der Waals surface area contributed by atoms with Gasteiger partial charge in [0, 0.05) is 40.7 Å². The molecule has 4 heteroatoms. The van der Waals surface area contributed by atoms with Gasteiger partial charge in [0.05, 0.1) is 0 Å². The summed E-state index contributed by atoms with van der Waals surface area (Å²) in [5.74, 6) is -0.0818. The van der Waals surface area contributed by atoms with E-state index in [4.69, 9.17) is 11.6 Å². The van der Waals surface area contributed by atoms with Gasteiger partial charge >= 0.3 is 0 Å². The second kappa shape index (κ2) is 7.32. The van der Waals surface area contributed by atoms with Crippen LogP contribution < -0.4 is 4.90 Å². The molecule has 4 rings (SSSR count). The lowest BCUT2D eigenvalue weighted by atomic mass is 9.77. The number of carbonyl (C=O) groups excluding carboxylic acids is 2. The number of amides is 1. The molecule has 0 bridgehead atoms. The van der Waals surface area contributed by atoms with Crippen LogP contribution in [0.5, 0.6) is 0 Å². The fraction of sp³-hybridized carbons (Fsp3) is 0.304. The number of aryl methyl sites for hydroxylation is 1. The van der Waals surface area contributed by atoms with Crippen molar-refractivity contribution in [2.24, 2.45) is 0 Å². The molecule has 0 spiro atoms. The molecule has 1 amide bonds. The molecular formula is C23H22ClNO2. The van der Waals surface area contributed by atoms with Crippen LogP contribution in [0.2, 0.25) is 5.02 Å². The van der Waals surface area contributed by atoms with Gasteiger partial charge in [0.25, 0.3) is 0 Å². The predicted molar refractivity (Wildman–Crippen MR) is 108 cm³/mol. The summed E-state index contributed by atoms with van der Waals surface area (Å²) in [6.07, 6.45) is 3.28. The molecule has 1 atom stereocenters. The van der Waals surface area contributed by atoms with Crippen molar-refractivity contribution in [1.29, 1.82) is 0 Å². The van der Waals surface area contributed by atoms with Gasteiger partial charge in [-0.3, -0.25) is 14.5 Å². The third kappa shape index (κ3) is 3.21. The van der Waals surface area contributed by atoms with Crippen LogP contribution in [0.4, 0.5) is 5.69 Å². The molecule has 0 saturated carbocycles. The third-order valence-electron chi connectivity index (χ3n) is 5.56. The van der Waals surface area contributed by atoms with Crippen molar-refractivity contribution in [1.82, 2.24) is 0 Å². The van der Waals surface area contributed by atoms with Crippen molar-refractivity contribution < 1.29 is 9.59 Å². The van der Waals surface area contributed by atoms with Gasteiger partial charge in [-0.25, -0.2) is 0 Å². The first kappa shape index (κ1) is 18.0. The van der Waals surface area contributed by atoms with E-state index in [2.05, 4.69) is 6.92 Å². The number of Topliss-reactive ketones (excluding diaryl/α,β-unsaturated/α-hetero) is 1. The first-order chi connectivity index (χ1) is 13.1. The van der Waals surface area contributed by atoms with E-state index in [1.54, 1.807) is 4.90 Å². The number of hydrogen-bond donors (Lipinski definition) is 0. The minimum Gasteiger partial charge on any atom is -0.294 e. The molecule has 2 aromatic carbocycles. The van der Waals surface area contributed by atoms with Crippen LogP contribution in [-0.4, -0.2) is 11.7 Å². The highest BCUT2D eigenvalue weighted by atomic mass is 35.5. The van der Waals surface area contributed by atoms with E-state index < -0.39 is 0 Å². The van der Waals surface area contributed by atoms with Crippen molar-refractivity contribution in [3.8, 4) is 0 Å². The molecule has 0 N–H and O–H groups in total. The Hall–Kier alpha value is -2.39. The molecule has 0 aromatic heterocycles. The molecule has 0 fully saturated rings. The molecule has 1 unspecified atom stereocenters. The highest BCUT2D eigenvalue weighted by molar-refractivity contribution is 6.31. The standard InChI is InChI=1S/C23H22ClNO2/c1-2-15-10-12-16(13-11-15)25-20-8-5-9-21(26)23(20)18(14-22(25)27)17-6-3-4-7-19(17)24/h3-4,6-7,10-13,18H,2,5,8-9,14H2,1H3. The van der Waals surface area contributed by atoms with Crippen LogP contribution in [-0.2, 0) is 16.0 Å². The smallest absolute Gasteiger partial charge is 0.232 e. The summed E-state index contributed by atoms with van der Waals surface area (Å²) in [5.41, 5.74) is 4.57. The maximum Gasteiger partial charge on any atom is 0.232 e. The molecule has 0 saturated heterocycles. The molecule has 2 aliphatic rings. The average molecular weight is 380 g/mol. The van der Waals surface area contributed by atoms with Gasteiger partial charge in [-0.1, -0.05) is 48.9 Å². The number of anilines is 1. The van der Waals surface area contributed by atoms with Gasteiger partial charge in [0.15, 0.2) is 5.78 Å². The van der Waals surface area contributed by atoms with Crippen molar-refractivity contribution in [2.75, 3.05) is 4.90 Å². The summed E-state index contributed by atoms with van der Waals surface area (Å²) in [5, 5.41) is 0.612. The summed E-state index contributed by atoms with van der Waals surface area (Å²) < 4.78 is 0. The summed E-state index contributed by atoms with van der Waals surface area (Å²) >= 11 is 6.41. The monoisotopic (exact) mass is 379 g/mol. The molecule has 27 heavy (non-hydrogen) atoms. The average Bonchev–Trinajstić information content (AvgIpc) is 2.68. The van der Waals surface area contributed by atoms with Crippen LogP contribution >= 0.6 is 11.6 Å². The first-order valence-corrected chi connectivity index (χ1v) is 9.90. The van der Waals surface area contributed by atoms with E-state index in [1.165, 1.54) is 5.56 Å². The van der Waals surface area contributed by atoms with Gasteiger partial charge in [-0.15, -0.1) is 0 Å². The van der Waals surface area contributed by atoms with E-state index >= 15 is 0 Å². The van der Waals surface area contributed by atoms with Crippen molar-refractivity contribution in [3.05, 3.63) is 76.0 Å². The minimum absolute atomic E-state index is 0.0256. The number of allylic oxidation sites excluding steroid dienone is 2. The number of rotatable bonds is 3. The summed E-state index contributed by atoms with van der Waals surface area (Å²) in [6.45, 7) is 2.11. The van der Waals surface area contributed by atoms with Crippen LogP contribution in [0.3, 0.4) is 0 Å². The Balaban J connectivity index is 1.84. The van der Waals surface area contributed by atoms with Crippen LogP contribution in [0.1, 0.15) is 49.7 Å². The first-order valence-electron chi connectivity index (χ1n) is 9.52. The lowest BCUT2D eigenvalue weighted by Crippen LogP contribution is -2.40. The molecular weight excluding hydrogens is 358 g/mol. The van der Waals surface area contributed by atoms with Gasteiger partial charge in [0.1, 0.15) is 0 Å². The lowest BCUT2D eigenvalue weighted by Gasteiger charge is -2.38. The quantitative estimate of drug-likeness (QED) is 0.713. The molecule has 0 radical (unpaired) electrons. The highest BCUT2D eigenvalue weighted by Gasteiger charge is 2.40. The number of ketones is 1. The van der Waals surface area contributed by atoms with Crippen LogP contribution in [0.15, 0.2) is 59.8 Å². The highest BCUT2D eigenvalue weighted by Crippen LogP contribution is 2.44. The molecule has 1 aliphatic carbocycles.